The number of ether oxygens (including phenoxy) is 3. The molecule has 3 aromatic carbocycles. The quantitative estimate of drug-likeness (QED) is 0.102. The Morgan fingerprint density at radius 1 is 0.513 bits per heavy atom. The predicted molar refractivity (Wildman–Crippen MR) is 162 cm³/mol. The van der Waals surface area contributed by atoms with Gasteiger partial charge in [0.1, 0.15) is 23.0 Å². The van der Waals surface area contributed by atoms with Crippen LogP contribution in [0.15, 0.2) is 72.8 Å². The van der Waals surface area contributed by atoms with Crippen LogP contribution >= 0.6 is 28.6 Å². The number of unbranched alkanes of at least 4 members (excludes halogenated alkanes) is 7. The summed E-state index contributed by atoms with van der Waals surface area (Å²) in [5, 5.41) is 0. The lowest BCUT2D eigenvalue weighted by Crippen LogP contribution is -2.00. The predicted octanol–water partition coefficient (Wildman–Crippen LogP) is 10.7. The van der Waals surface area contributed by atoms with E-state index in [1.807, 2.05) is 24.3 Å². The zero-order valence-electron chi connectivity index (χ0n) is 22.7. The third-order valence-corrected chi connectivity index (χ3v) is 7.01. The minimum absolute atomic E-state index is 0.341. The van der Waals surface area contributed by atoms with Crippen molar-refractivity contribution in [3.05, 3.63) is 72.8 Å². The average Bonchev–Trinajstić information content (AvgIpc) is 2.93. The number of hydrogen-bond donors (Lipinski definition) is 0. The second-order valence-electron chi connectivity index (χ2n) is 9.40. The summed E-state index contributed by atoms with van der Waals surface area (Å²) in [4.78, 5) is 0. The number of hydrogen-bond acceptors (Lipinski definition) is 5. The van der Waals surface area contributed by atoms with Crippen molar-refractivity contribution in [2.75, 3.05) is 19.8 Å². The Balaban J connectivity index is 1.25. The first-order valence-corrected chi connectivity index (χ1v) is 17.2. The molecule has 0 saturated heterocycles. The van der Waals surface area contributed by atoms with Gasteiger partial charge in [-0.25, -0.2) is 4.57 Å². The Kier molecular flexibility index (Phi) is 13.9. The molecule has 3 aromatic rings. The fourth-order valence-corrected chi connectivity index (χ4v) is 4.89. The second kappa shape index (κ2) is 17.4. The molecule has 8 heteroatoms. The standard InChI is InChI=1S/C31H39Cl2O5P/c1-2-3-4-5-8-23-35-28-15-11-26(12-16-28)27-13-17-29(18-14-27)36-24-9-6-7-10-25-37-30-19-21-31(22-20-30)38-39(32,33)34/h11-22H,2-10,23-25H2,1H3. The van der Waals surface area contributed by atoms with Crippen LogP contribution in [-0.2, 0) is 4.57 Å². The molecule has 0 N–H and O–H groups in total. The molecule has 0 unspecified atom stereocenters. The number of benzene rings is 3. The van der Waals surface area contributed by atoms with E-state index in [4.69, 9.17) is 41.2 Å². The van der Waals surface area contributed by atoms with Gasteiger partial charge in [-0.1, -0.05) is 56.9 Å². The van der Waals surface area contributed by atoms with E-state index in [-0.39, 0.29) is 0 Å². The van der Waals surface area contributed by atoms with E-state index >= 15 is 0 Å². The maximum atomic E-state index is 11.3. The molecule has 0 spiro atoms. The minimum Gasteiger partial charge on any atom is -0.494 e. The van der Waals surface area contributed by atoms with Crippen LogP contribution in [0.4, 0.5) is 0 Å². The van der Waals surface area contributed by atoms with E-state index in [1.165, 1.54) is 31.2 Å². The lowest BCUT2D eigenvalue weighted by molar-refractivity contribution is 0.287. The van der Waals surface area contributed by atoms with Gasteiger partial charge >= 0.3 is 6.07 Å². The summed E-state index contributed by atoms with van der Waals surface area (Å²) in [5.74, 6) is 2.87. The summed E-state index contributed by atoms with van der Waals surface area (Å²) >= 11 is 10.8. The van der Waals surface area contributed by atoms with Crippen LogP contribution in [0.1, 0.15) is 64.7 Å². The Hall–Kier alpha value is -2.33. The van der Waals surface area contributed by atoms with Crippen molar-refractivity contribution in [3.8, 4) is 34.1 Å². The normalized spacial score (nSPS) is 11.3. The molecule has 212 valence electrons. The fraction of sp³-hybridized carbons (Fsp3) is 0.419. The largest absolute Gasteiger partial charge is 0.494 e. The van der Waals surface area contributed by atoms with Crippen LogP contribution in [0.3, 0.4) is 0 Å². The van der Waals surface area contributed by atoms with Gasteiger partial charge in [0.25, 0.3) is 0 Å². The Morgan fingerprint density at radius 3 is 1.21 bits per heavy atom. The van der Waals surface area contributed by atoms with Crippen LogP contribution in [0.2, 0.25) is 0 Å². The van der Waals surface area contributed by atoms with E-state index < -0.39 is 6.07 Å². The van der Waals surface area contributed by atoms with Gasteiger partial charge in [0.15, 0.2) is 0 Å². The Labute approximate surface area is 242 Å². The second-order valence-corrected chi connectivity index (χ2v) is 13.6. The highest BCUT2D eigenvalue weighted by molar-refractivity contribution is 8.05. The van der Waals surface area contributed by atoms with Gasteiger partial charge in [-0.05, 0) is 91.8 Å². The van der Waals surface area contributed by atoms with Crippen LogP contribution in [0, 0.1) is 0 Å². The van der Waals surface area contributed by atoms with Gasteiger partial charge in [0, 0.05) is 22.5 Å². The van der Waals surface area contributed by atoms with Crippen molar-refractivity contribution in [3.63, 3.8) is 0 Å². The van der Waals surface area contributed by atoms with Crippen molar-refractivity contribution < 1.29 is 23.3 Å². The highest BCUT2D eigenvalue weighted by atomic mass is 35.9. The molecule has 0 fully saturated rings. The zero-order valence-corrected chi connectivity index (χ0v) is 25.1. The van der Waals surface area contributed by atoms with Crippen molar-refractivity contribution >= 4 is 28.6 Å². The zero-order chi connectivity index (χ0) is 27.8. The lowest BCUT2D eigenvalue weighted by atomic mass is 10.1. The van der Waals surface area contributed by atoms with Gasteiger partial charge in [-0.2, -0.15) is 0 Å². The van der Waals surface area contributed by atoms with Crippen molar-refractivity contribution in [1.82, 2.24) is 0 Å². The summed E-state index contributed by atoms with van der Waals surface area (Å²) in [7, 11) is 0. The average molecular weight is 594 g/mol. The van der Waals surface area contributed by atoms with Crippen molar-refractivity contribution in [2.24, 2.45) is 0 Å². The van der Waals surface area contributed by atoms with Gasteiger partial charge in [0.05, 0.1) is 19.8 Å². The van der Waals surface area contributed by atoms with Gasteiger partial charge in [-0.15, -0.1) is 0 Å². The molecular weight excluding hydrogens is 554 g/mol. The van der Waals surface area contributed by atoms with E-state index in [0.29, 0.717) is 24.7 Å². The number of halogens is 2. The van der Waals surface area contributed by atoms with E-state index in [9.17, 15) is 4.57 Å². The maximum Gasteiger partial charge on any atom is 0.428 e. The van der Waals surface area contributed by atoms with Gasteiger partial charge in [0.2, 0.25) is 0 Å². The summed E-state index contributed by atoms with van der Waals surface area (Å²) < 4.78 is 33.7. The van der Waals surface area contributed by atoms with Crippen LogP contribution in [-0.4, -0.2) is 19.8 Å². The van der Waals surface area contributed by atoms with E-state index in [0.717, 1.165) is 55.8 Å². The molecule has 3 rings (SSSR count). The van der Waals surface area contributed by atoms with Crippen LogP contribution in [0.5, 0.6) is 23.0 Å². The molecule has 0 aromatic heterocycles. The molecule has 5 nitrogen and oxygen atoms in total. The Morgan fingerprint density at radius 2 is 0.846 bits per heavy atom. The first-order chi connectivity index (χ1) is 18.9. The van der Waals surface area contributed by atoms with Gasteiger partial charge in [-0.3, -0.25) is 0 Å². The van der Waals surface area contributed by atoms with Gasteiger partial charge < -0.3 is 18.7 Å². The first kappa shape index (κ1) is 31.2. The summed E-state index contributed by atoms with van der Waals surface area (Å²) in [6.45, 7) is 4.33. The fourth-order valence-electron chi connectivity index (χ4n) is 4.04. The minimum atomic E-state index is -3.60. The summed E-state index contributed by atoms with van der Waals surface area (Å²) in [6, 6.07) is 23.3. The monoisotopic (exact) mass is 592 g/mol. The van der Waals surface area contributed by atoms with E-state index in [2.05, 4.69) is 31.2 Å². The molecule has 0 heterocycles. The van der Waals surface area contributed by atoms with Crippen LogP contribution in [0.25, 0.3) is 11.1 Å². The molecule has 0 bridgehead atoms. The van der Waals surface area contributed by atoms with Crippen molar-refractivity contribution in [2.45, 2.75) is 64.7 Å². The number of rotatable bonds is 19. The smallest absolute Gasteiger partial charge is 0.428 e. The topological polar surface area (TPSA) is 54.0 Å². The molecule has 0 aliphatic heterocycles. The Bertz CT molecular complexity index is 1120. The molecular formula is C31H39Cl2O5P. The van der Waals surface area contributed by atoms with E-state index in [1.54, 1.807) is 24.3 Å². The van der Waals surface area contributed by atoms with Crippen molar-refractivity contribution in [1.29, 1.82) is 0 Å². The summed E-state index contributed by atoms with van der Waals surface area (Å²) in [6.07, 6.45) is 6.70. The molecule has 0 aliphatic rings. The maximum absolute atomic E-state index is 11.3. The summed E-state index contributed by atoms with van der Waals surface area (Å²) in [5.41, 5.74) is 2.33. The highest BCUT2D eigenvalue weighted by Crippen LogP contribution is 2.57. The molecule has 0 radical (unpaired) electrons. The molecule has 0 saturated carbocycles. The molecule has 0 aliphatic carbocycles. The third kappa shape index (κ3) is 13.0. The molecule has 39 heavy (non-hydrogen) atoms. The third-order valence-electron chi connectivity index (χ3n) is 6.17. The lowest BCUT2D eigenvalue weighted by Gasteiger charge is -2.10. The highest BCUT2D eigenvalue weighted by Gasteiger charge is 2.15. The molecule has 0 atom stereocenters. The molecule has 0 amide bonds. The first-order valence-electron chi connectivity index (χ1n) is 13.8. The van der Waals surface area contributed by atoms with Crippen LogP contribution < -0.4 is 18.7 Å². The SMILES string of the molecule is CCCCCCCOc1ccc(-c2ccc(OCCCCCCOc3ccc(OP(=O)(Cl)Cl)cc3)cc2)cc1.